The molecule has 2 N–H and O–H groups in total. The third kappa shape index (κ3) is 11.8. The zero-order chi connectivity index (χ0) is 21.6. The van der Waals surface area contributed by atoms with Crippen molar-refractivity contribution in [3.63, 3.8) is 0 Å². The first-order valence-electron chi connectivity index (χ1n) is 10.7. The number of unbranched alkanes of at least 4 members (excludes halogenated alkanes) is 3. The molecule has 0 radical (unpaired) electrons. The SMILES string of the molecule is COc1ccc(CCNCCCCCCNCCc2ccc(Cl)c(Cl)c2)cc1OC.Cl.Cl. The van der Waals surface area contributed by atoms with E-state index in [0.29, 0.717) is 10.0 Å². The fourth-order valence-corrected chi connectivity index (χ4v) is 3.62. The first-order valence-corrected chi connectivity index (χ1v) is 11.5. The lowest BCUT2D eigenvalue weighted by Gasteiger charge is -2.10. The van der Waals surface area contributed by atoms with Gasteiger partial charge in [-0.2, -0.15) is 0 Å². The van der Waals surface area contributed by atoms with Gasteiger partial charge in [0.15, 0.2) is 11.5 Å². The van der Waals surface area contributed by atoms with Gasteiger partial charge in [0, 0.05) is 0 Å². The highest BCUT2D eigenvalue weighted by Gasteiger charge is 2.04. The zero-order valence-electron chi connectivity index (χ0n) is 18.9. The molecule has 0 saturated heterocycles. The van der Waals surface area contributed by atoms with E-state index in [1.54, 1.807) is 14.2 Å². The standard InChI is InChI=1S/C24H34Cl2N2O2.2ClH/c1-29-23-10-8-20(18-24(23)30-2)12-16-28-14-6-4-3-5-13-27-15-11-19-7-9-21(25)22(26)17-19;;/h7-10,17-18,27-28H,3-6,11-16H2,1-2H3;2*1H. The number of halogens is 4. The van der Waals surface area contributed by atoms with Gasteiger partial charge in [-0.25, -0.2) is 0 Å². The van der Waals surface area contributed by atoms with E-state index < -0.39 is 0 Å². The van der Waals surface area contributed by atoms with Gasteiger partial charge in [0.1, 0.15) is 0 Å². The van der Waals surface area contributed by atoms with Crippen LogP contribution in [0.2, 0.25) is 10.0 Å². The molecule has 2 rings (SSSR count). The molecule has 0 heterocycles. The van der Waals surface area contributed by atoms with E-state index in [1.165, 1.54) is 36.8 Å². The van der Waals surface area contributed by atoms with Gasteiger partial charge in [0.25, 0.3) is 0 Å². The predicted molar refractivity (Wildman–Crippen MR) is 142 cm³/mol. The van der Waals surface area contributed by atoms with Crippen molar-refractivity contribution < 1.29 is 9.47 Å². The highest BCUT2D eigenvalue weighted by atomic mass is 35.5. The van der Waals surface area contributed by atoms with Crippen LogP contribution in [0.25, 0.3) is 0 Å². The van der Waals surface area contributed by atoms with Crippen LogP contribution in [0, 0.1) is 0 Å². The van der Waals surface area contributed by atoms with E-state index in [1.807, 2.05) is 24.3 Å². The molecule has 0 saturated carbocycles. The van der Waals surface area contributed by atoms with Crippen LogP contribution < -0.4 is 20.1 Å². The molecular weight excluding hydrogens is 490 g/mol. The Balaban J connectivity index is 0.00000480. The van der Waals surface area contributed by atoms with Crippen molar-refractivity contribution in [3.05, 3.63) is 57.6 Å². The van der Waals surface area contributed by atoms with E-state index in [4.69, 9.17) is 32.7 Å². The lowest BCUT2D eigenvalue weighted by Crippen LogP contribution is -2.19. The molecule has 182 valence electrons. The Kier molecular flexibility index (Phi) is 18.0. The number of nitrogens with one attached hydrogen (secondary N) is 2. The third-order valence-corrected chi connectivity index (χ3v) is 5.81. The maximum Gasteiger partial charge on any atom is 0.160 e. The summed E-state index contributed by atoms with van der Waals surface area (Å²) in [6.45, 7) is 4.08. The van der Waals surface area contributed by atoms with Crippen LogP contribution in [-0.4, -0.2) is 40.4 Å². The average Bonchev–Trinajstić information content (AvgIpc) is 2.76. The molecule has 0 aromatic heterocycles. The van der Waals surface area contributed by atoms with Crippen molar-refractivity contribution in [3.8, 4) is 11.5 Å². The van der Waals surface area contributed by atoms with Crippen LogP contribution in [0.5, 0.6) is 11.5 Å². The third-order valence-electron chi connectivity index (χ3n) is 5.07. The van der Waals surface area contributed by atoms with E-state index in [9.17, 15) is 0 Å². The average molecular weight is 526 g/mol. The lowest BCUT2D eigenvalue weighted by atomic mass is 10.1. The molecule has 0 aliphatic carbocycles. The maximum absolute atomic E-state index is 6.04. The Hall–Kier alpha value is -0.880. The lowest BCUT2D eigenvalue weighted by molar-refractivity contribution is 0.354. The second-order valence-corrected chi connectivity index (χ2v) is 8.17. The summed E-state index contributed by atoms with van der Waals surface area (Å²) in [4.78, 5) is 0. The summed E-state index contributed by atoms with van der Waals surface area (Å²) < 4.78 is 10.6. The smallest absolute Gasteiger partial charge is 0.160 e. The minimum absolute atomic E-state index is 0. The molecular formula is C24H36Cl4N2O2. The Morgan fingerprint density at radius 3 is 1.69 bits per heavy atom. The maximum atomic E-state index is 6.04. The predicted octanol–water partition coefficient (Wildman–Crippen LogP) is 6.38. The van der Waals surface area contributed by atoms with Gasteiger partial charge >= 0.3 is 0 Å². The summed E-state index contributed by atoms with van der Waals surface area (Å²) in [5, 5.41) is 8.28. The van der Waals surface area contributed by atoms with Crippen LogP contribution in [-0.2, 0) is 12.8 Å². The summed E-state index contributed by atoms with van der Waals surface area (Å²) in [5.41, 5.74) is 2.48. The molecule has 32 heavy (non-hydrogen) atoms. The van der Waals surface area contributed by atoms with Crippen molar-refractivity contribution in [2.75, 3.05) is 40.4 Å². The van der Waals surface area contributed by atoms with E-state index in [0.717, 1.165) is 50.5 Å². The fraction of sp³-hybridized carbons (Fsp3) is 0.500. The quantitative estimate of drug-likeness (QED) is 0.265. The number of ether oxygens (including phenoxy) is 2. The van der Waals surface area contributed by atoms with Crippen molar-refractivity contribution in [2.45, 2.75) is 38.5 Å². The van der Waals surface area contributed by atoms with Gasteiger partial charge in [-0.1, -0.05) is 48.2 Å². The second-order valence-electron chi connectivity index (χ2n) is 7.35. The Labute approximate surface area is 215 Å². The van der Waals surface area contributed by atoms with E-state index >= 15 is 0 Å². The fourth-order valence-electron chi connectivity index (χ4n) is 3.30. The molecule has 0 spiro atoms. The van der Waals surface area contributed by atoms with Crippen molar-refractivity contribution >= 4 is 48.0 Å². The van der Waals surface area contributed by atoms with Gasteiger partial charge < -0.3 is 20.1 Å². The molecule has 0 atom stereocenters. The summed E-state index contributed by atoms with van der Waals surface area (Å²) in [7, 11) is 3.33. The van der Waals surface area contributed by atoms with Gasteiger partial charge in [0.05, 0.1) is 24.3 Å². The molecule has 2 aromatic carbocycles. The summed E-state index contributed by atoms with van der Waals surface area (Å²) in [6.07, 6.45) is 6.92. The molecule has 8 heteroatoms. The molecule has 0 fully saturated rings. The number of hydrogen-bond acceptors (Lipinski definition) is 4. The zero-order valence-corrected chi connectivity index (χ0v) is 22.1. The molecule has 0 aliphatic rings. The Bertz CT molecular complexity index is 763. The number of rotatable bonds is 15. The molecule has 0 bridgehead atoms. The van der Waals surface area contributed by atoms with Crippen LogP contribution in [0.15, 0.2) is 36.4 Å². The van der Waals surface area contributed by atoms with Crippen molar-refractivity contribution in [1.29, 1.82) is 0 Å². The monoisotopic (exact) mass is 524 g/mol. The van der Waals surface area contributed by atoms with Crippen LogP contribution in [0.1, 0.15) is 36.8 Å². The first-order chi connectivity index (χ1) is 14.6. The summed E-state index contributed by atoms with van der Waals surface area (Å²) >= 11 is 12.0. The molecule has 0 unspecified atom stereocenters. The Morgan fingerprint density at radius 2 is 1.16 bits per heavy atom. The van der Waals surface area contributed by atoms with Crippen LogP contribution in [0.4, 0.5) is 0 Å². The van der Waals surface area contributed by atoms with Crippen molar-refractivity contribution in [2.24, 2.45) is 0 Å². The highest BCUT2D eigenvalue weighted by Crippen LogP contribution is 2.27. The largest absolute Gasteiger partial charge is 0.493 e. The Morgan fingerprint density at radius 1 is 0.625 bits per heavy atom. The number of benzene rings is 2. The van der Waals surface area contributed by atoms with E-state index in [-0.39, 0.29) is 24.8 Å². The molecule has 0 amide bonds. The van der Waals surface area contributed by atoms with Gasteiger partial charge in [-0.05, 0) is 87.3 Å². The summed E-state index contributed by atoms with van der Waals surface area (Å²) in [6, 6.07) is 12.0. The minimum atomic E-state index is 0. The molecule has 2 aromatic rings. The van der Waals surface area contributed by atoms with Crippen molar-refractivity contribution in [1.82, 2.24) is 10.6 Å². The highest BCUT2D eigenvalue weighted by molar-refractivity contribution is 6.42. The molecule has 0 aliphatic heterocycles. The normalized spacial score (nSPS) is 10.2. The molecule has 4 nitrogen and oxygen atoms in total. The number of methoxy groups -OCH3 is 2. The second kappa shape index (κ2) is 18.5. The van der Waals surface area contributed by atoms with Gasteiger partial charge in [0.2, 0.25) is 0 Å². The minimum Gasteiger partial charge on any atom is -0.493 e. The number of hydrogen-bond donors (Lipinski definition) is 2. The summed E-state index contributed by atoms with van der Waals surface area (Å²) in [5.74, 6) is 1.57. The van der Waals surface area contributed by atoms with Gasteiger partial charge in [-0.3, -0.25) is 0 Å². The van der Waals surface area contributed by atoms with Crippen LogP contribution >= 0.6 is 48.0 Å². The van der Waals surface area contributed by atoms with Crippen LogP contribution in [0.3, 0.4) is 0 Å². The van der Waals surface area contributed by atoms with E-state index in [2.05, 4.69) is 22.8 Å². The van der Waals surface area contributed by atoms with Gasteiger partial charge in [-0.15, -0.1) is 24.8 Å². The first kappa shape index (κ1) is 31.1. The topological polar surface area (TPSA) is 42.5 Å².